The third kappa shape index (κ3) is 3.70. The second-order valence-electron chi connectivity index (χ2n) is 6.15. The van der Waals surface area contributed by atoms with Gasteiger partial charge in [0.1, 0.15) is 16.9 Å². The van der Waals surface area contributed by atoms with Gasteiger partial charge in [-0.25, -0.2) is 4.98 Å². The Kier molecular flexibility index (Phi) is 4.74. The number of oxazole rings is 1. The Labute approximate surface area is 163 Å². The molecule has 8 nitrogen and oxygen atoms in total. The van der Waals surface area contributed by atoms with Crippen LogP contribution in [0.1, 0.15) is 18.7 Å². The zero-order valence-corrected chi connectivity index (χ0v) is 15.6. The minimum absolute atomic E-state index is 0.0604. The lowest BCUT2D eigenvalue weighted by molar-refractivity contribution is -0.384. The highest BCUT2D eigenvalue weighted by Gasteiger charge is 2.16. The predicted octanol–water partition coefficient (Wildman–Crippen LogP) is 4.45. The third-order valence-corrected chi connectivity index (χ3v) is 4.97. The number of carbonyl (C=O) groups excluding carboxylic acids is 1. The molecule has 0 spiro atoms. The summed E-state index contributed by atoms with van der Waals surface area (Å²) < 4.78 is 11.3. The van der Waals surface area contributed by atoms with E-state index < -0.39 is 4.92 Å². The Morgan fingerprint density at radius 3 is 2.82 bits per heavy atom. The SMILES string of the molecule is C[C@@H](NC(=O)CSc1nc2cc([N+](=O)[O-])ccc2o1)c1cc2ccccc2o1. The largest absolute Gasteiger partial charge is 0.459 e. The number of nitrogens with one attached hydrogen (secondary N) is 1. The first-order chi connectivity index (χ1) is 13.5. The van der Waals surface area contributed by atoms with Gasteiger partial charge in [0.25, 0.3) is 10.9 Å². The van der Waals surface area contributed by atoms with E-state index in [4.69, 9.17) is 8.83 Å². The van der Waals surface area contributed by atoms with E-state index in [-0.39, 0.29) is 28.6 Å². The molecule has 0 fully saturated rings. The van der Waals surface area contributed by atoms with Crippen LogP contribution in [0.3, 0.4) is 0 Å². The lowest BCUT2D eigenvalue weighted by Gasteiger charge is -2.10. The zero-order valence-electron chi connectivity index (χ0n) is 14.7. The van der Waals surface area contributed by atoms with Gasteiger partial charge in [-0.1, -0.05) is 30.0 Å². The molecule has 4 aromatic rings. The van der Waals surface area contributed by atoms with Crippen molar-refractivity contribution < 1.29 is 18.6 Å². The molecule has 0 saturated heterocycles. The summed E-state index contributed by atoms with van der Waals surface area (Å²) in [5.74, 6) is 0.569. The molecule has 1 N–H and O–H groups in total. The highest BCUT2D eigenvalue weighted by molar-refractivity contribution is 7.99. The van der Waals surface area contributed by atoms with Crippen molar-refractivity contribution in [2.45, 2.75) is 18.2 Å². The van der Waals surface area contributed by atoms with Crippen LogP contribution in [0.5, 0.6) is 0 Å². The number of rotatable bonds is 6. The molecule has 2 aromatic carbocycles. The molecule has 2 aromatic heterocycles. The summed E-state index contributed by atoms with van der Waals surface area (Å²) >= 11 is 1.12. The normalized spacial score (nSPS) is 12.3. The fourth-order valence-electron chi connectivity index (χ4n) is 2.77. The number of amides is 1. The van der Waals surface area contributed by atoms with Gasteiger partial charge in [-0.2, -0.15) is 0 Å². The molecule has 0 saturated carbocycles. The van der Waals surface area contributed by atoms with E-state index >= 15 is 0 Å². The third-order valence-electron chi connectivity index (χ3n) is 4.14. The van der Waals surface area contributed by atoms with E-state index in [1.807, 2.05) is 37.3 Å². The topological polar surface area (TPSA) is 111 Å². The van der Waals surface area contributed by atoms with E-state index in [1.165, 1.54) is 18.2 Å². The van der Waals surface area contributed by atoms with Gasteiger partial charge in [-0.05, 0) is 25.1 Å². The number of hydrogen-bond acceptors (Lipinski definition) is 7. The quantitative estimate of drug-likeness (QED) is 0.290. The first-order valence-electron chi connectivity index (χ1n) is 8.45. The maximum atomic E-state index is 12.2. The smallest absolute Gasteiger partial charge is 0.271 e. The summed E-state index contributed by atoms with van der Waals surface area (Å²) in [6, 6.07) is 13.4. The van der Waals surface area contributed by atoms with Crippen molar-refractivity contribution in [3.63, 3.8) is 0 Å². The number of nitro groups is 1. The van der Waals surface area contributed by atoms with Crippen LogP contribution < -0.4 is 5.32 Å². The van der Waals surface area contributed by atoms with E-state index in [2.05, 4.69) is 10.3 Å². The Balaban J connectivity index is 1.38. The first-order valence-corrected chi connectivity index (χ1v) is 9.44. The minimum Gasteiger partial charge on any atom is -0.459 e. The molecule has 0 aliphatic heterocycles. The maximum Gasteiger partial charge on any atom is 0.271 e. The number of fused-ring (bicyclic) bond motifs is 2. The predicted molar refractivity (Wildman–Crippen MR) is 104 cm³/mol. The Morgan fingerprint density at radius 2 is 2.04 bits per heavy atom. The maximum absolute atomic E-state index is 12.2. The van der Waals surface area contributed by atoms with Crippen LogP contribution in [-0.4, -0.2) is 21.6 Å². The van der Waals surface area contributed by atoms with Gasteiger partial charge >= 0.3 is 0 Å². The number of nitrogens with zero attached hydrogens (tertiary/aromatic N) is 2. The number of para-hydroxylation sites is 1. The zero-order chi connectivity index (χ0) is 19.7. The van der Waals surface area contributed by atoms with Crippen LogP contribution in [0.4, 0.5) is 5.69 Å². The number of carbonyl (C=O) groups is 1. The fraction of sp³-hybridized carbons (Fsp3) is 0.158. The molecule has 28 heavy (non-hydrogen) atoms. The first kappa shape index (κ1) is 18.1. The van der Waals surface area contributed by atoms with Crippen molar-refractivity contribution in [1.29, 1.82) is 0 Å². The van der Waals surface area contributed by atoms with Crippen molar-refractivity contribution in [1.82, 2.24) is 10.3 Å². The summed E-state index contributed by atoms with van der Waals surface area (Å²) in [7, 11) is 0. The fourth-order valence-corrected chi connectivity index (χ4v) is 3.42. The van der Waals surface area contributed by atoms with Crippen LogP contribution >= 0.6 is 11.8 Å². The van der Waals surface area contributed by atoms with Crippen molar-refractivity contribution >= 4 is 45.4 Å². The molecule has 2 heterocycles. The van der Waals surface area contributed by atoms with Crippen LogP contribution in [0.15, 0.2) is 62.6 Å². The molecular formula is C19H15N3O5S. The van der Waals surface area contributed by atoms with Crippen LogP contribution in [0.2, 0.25) is 0 Å². The van der Waals surface area contributed by atoms with Gasteiger partial charge in [0.05, 0.1) is 16.7 Å². The summed E-state index contributed by atoms with van der Waals surface area (Å²) in [4.78, 5) is 26.8. The summed E-state index contributed by atoms with van der Waals surface area (Å²) in [6.07, 6.45) is 0. The Hall–Kier alpha value is -3.33. The molecule has 9 heteroatoms. The van der Waals surface area contributed by atoms with Gasteiger partial charge in [0.2, 0.25) is 5.91 Å². The standard InChI is InChI=1S/C19H15N3O5S/c1-11(17-8-12-4-2-3-5-15(12)26-17)20-18(23)10-28-19-21-14-9-13(22(24)25)6-7-16(14)27-19/h2-9,11H,10H2,1H3,(H,20,23)/t11-/m1/s1. The minimum atomic E-state index is -0.492. The van der Waals surface area contributed by atoms with E-state index in [0.717, 1.165) is 22.7 Å². The summed E-state index contributed by atoms with van der Waals surface area (Å²) in [5, 5.41) is 15.0. The van der Waals surface area contributed by atoms with Gasteiger partial charge < -0.3 is 14.2 Å². The van der Waals surface area contributed by atoms with Crippen LogP contribution in [0.25, 0.3) is 22.1 Å². The number of aromatic nitrogens is 1. The van der Waals surface area contributed by atoms with E-state index in [0.29, 0.717) is 16.9 Å². The molecule has 0 bridgehead atoms. The highest BCUT2D eigenvalue weighted by atomic mass is 32.2. The highest BCUT2D eigenvalue weighted by Crippen LogP contribution is 2.27. The van der Waals surface area contributed by atoms with Gasteiger partial charge in [-0.15, -0.1) is 0 Å². The van der Waals surface area contributed by atoms with Crippen molar-refractivity contribution in [2.24, 2.45) is 0 Å². The molecule has 0 radical (unpaired) electrons. The summed E-state index contributed by atoms with van der Waals surface area (Å²) in [6.45, 7) is 1.85. The van der Waals surface area contributed by atoms with Crippen molar-refractivity contribution in [3.05, 3.63) is 64.4 Å². The number of benzene rings is 2. The lowest BCUT2D eigenvalue weighted by Crippen LogP contribution is -2.27. The van der Waals surface area contributed by atoms with Gasteiger partial charge in [-0.3, -0.25) is 14.9 Å². The monoisotopic (exact) mass is 397 g/mol. The number of non-ortho nitro benzene ring substituents is 1. The second-order valence-corrected chi connectivity index (χ2v) is 7.08. The average Bonchev–Trinajstić information content (AvgIpc) is 3.29. The summed E-state index contributed by atoms with van der Waals surface area (Å²) in [5.41, 5.74) is 1.53. The van der Waals surface area contributed by atoms with Gasteiger partial charge in [0, 0.05) is 17.5 Å². The van der Waals surface area contributed by atoms with Crippen LogP contribution in [0, 0.1) is 10.1 Å². The number of hydrogen-bond donors (Lipinski definition) is 1. The lowest BCUT2D eigenvalue weighted by atomic mass is 10.2. The van der Waals surface area contributed by atoms with Crippen molar-refractivity contribution in [3.8, 4) is 0 Å². The average molecular weight is 397 g/mol. The molecular weight excluding hydrogens is 382 g/mol. The molecule has 4 rings (SSSR count). The molecule has 1 atom stereocenters. The van der Waals surface area contributed by atoms with Gasteiger partial charge in [0.15, 0.2) is 5.58 Å². The van der Waals surface area contributed by atoms with Crippen LogP contribution in [-0.2, 0) is 4.79 Å². The van der Waals surface area contributed by atoms with Crippen molar-refractivity contribution in [2.75, 3.05) is 5.75 Å². The second kappa shape index (κ2) is 7.35. The van der Waals surface area contributed by atoms with E-state index in [9.17, 15) is 14.9 Å². The Morgan fingerprint density at radius 1 is 1.21 bits per heavy atom. The number of nitro benzene ring substituents is 1. The van der Waals surface area contributed by atoms with E-state index in [1.54, 1.807) is 0 Å². The molecule has 1 amide bonds. The molecule has 142 valence electrons. The molecule has 0 aliphatic carbocycles. The molecule has 0 unspecified atom stereocenters. The number of furan rings is 1. The molecule has 0 aliphatic rings. The Bertz CT molecular complexity index is 1150. The number of thioether (sulfide) groups is 1.